The van der Waals surface area contributed by atoms with Gasteiger partial charge in [0.15, 0.2) is 0 Å². The van der Waals surface area contributed by atoms with E-state index in [9.17, 15) is 14.9 Å². The van der Waals surface area contributed by atoms with Crippen LogP contribution in [0.2, 0.25) is 5.02 Å². The van der Waals surface area contributed by atoms with Crippen molar-refractivity contribution in [1.82, 2.24) is 4.90 Å². The van der Waals surface area contributed by atoms with Gasteiger partial charge in [-0.25, -0.2) is 4.79 Å². The molecule has 0 bridgehead atoms. The molecule has 0 fully saturated rings. The van der Waals surface area contributed by atoms with Gasteiger partial charge >= 0.3 is 6.03 Å². The molecule has 1 N–H and O–H groups in total. The molecule has 86 valence electrons. The van der Waals surface area contributed by atoms with Crippen molar-refractivity contribution in [3.05, 3.63) is 33.3 Å². The molecule has 1 aromatic rings. The highest BCUT2D eigenvalue weighted by molar-refractivity contribution is 6.32. The molecule has 0 aliphatic carbocycles. The molecule has 1 aromatic carbocycles. The van der Waals surface area contributed by atoms with Crippen molar-refractivity contribution in [2.45, 2.75) is 0 Å². The van der Waals surface area contributed by atoms with E-state index in [-0.39, 0.29) is 16.7 Å². The number of hydrogen-bond acceptors (Lipinski definition) is 3. The molecule has 0 unspecified atom stereocenters. The Morgan fingerprint density at radius 3 is 2.62 bits per heavy atom. The normalized spacial score (nSPS) is 9.69. The van der Waals surface area contributed by atoms with Crippen molar-refractivity contribution in [3.8, 4) is 0 Å². The first-order valence-electron chi connectivity index (χ1n) is 4.34. The van der Waals surface area contributed by atoms with Crippen LogP contribution in [0.1, 0.15) is 0 Å². The van der Waals surface area contributed by atoms with Crippen molar-refractivity contribution >= 4 is 29.0 Å². The fraction of sp³-hybridized carbons (Fsp3) is 0.222. The number of anilines is 1. The summed E-state index contributed by atoms with van der Waals surface area (Å²) in [4.78, 5) is 22.6. The van der Waals surface area contributed by atoms with Crippen LogP contribution in [0.5, 0.6) is 0 Å². The van der Waals surface area contributed by atoms with Crippen molar-refractivity contribution in [1.29, 1.82) is 0 Å². The SMILES string of the molecule is CN(C)C(=O)Nc1ccc(Cl)c([N+](=O)[O-])c1. The zero-order valence-corrected chi connectivity index (χ0v) is 9.49. The van der Waals surface area contributed by atoms with Crippen molar-refractivity contribution in [2.75, 3.05) is 19.4 Å². The lowest BCUT2D eigenvalue weighted by molar-refractivity contribution is -0.384. The number of benzene rings is 1. The number of carbonyl (C=O) groups is 1. The predicted molar refractivity (Wildman–Crippen MR) is 60.8 cm³/mol. The molecule has 0 spiro atoms. The molecular weight excluding hydrogens is 234 g/mol. The Kier molecular flexibility index (Phi) is 3.68. The quantitative estimate of drug-likeness (QED) is 0.640. The predicted octanol–water partition coefficient (Wildman–Crippen LogP) is 2.34. The molecule has 6 nitrogen and oxygen atoms in total. The number of nitro benzene ring substituents is 1. The fourth-order valence-electron chi connectivity index (χ4n) is 0.966. The maximum Gasteiger partial charge on any atom is 0.321 e. The van der Waals surface area contributed by atoms with E-state index >= 15 is 0 Å². The number of urea groups is 1. The smallest absolute Gasteiger partial charge is 0.321 e. The molecule has 0 atom stereocenters. The zero-order valence-electron chi connectivity index (χ0n) is 8.73. The maximum absolute atomic E-state index is 11.3. The summed E-state index contributed by atoms with van der Waals surface area (Å²) < 4.78 is 0. The number of hydrogen-bond donors (Lipinski definition) is 1. The van der Waals surface area contributed by atoms with Gasteiger partial charge in [0.25, 0.3) is 5.69 Å². The number of carbonyl (C=O) groups excluding carboxylic acids is 1. The molecule has 0 aliphatic heterocycles. The Hall–Kier alpha value is -1.82. The van der Waals surface area contributed by atoms with Crippen LogP contribution in [-0.4, -0.2) is 29.9 Å². The Bertz CT molecular complexity index is 434. The number of amides is 2. The molecule has 7 heteroatoms. The highest BCUT2D eigenvalue weighted by Gasteiger charge is 2.14. The van der Waals surface area contributed by atoms with E-state index < -0.39 is 4.92 Å². The zero-order chi connectivity index (χ0) is 12.3. The van der Waals surface area contributed by atoms with Gasteiger partial charge in [-0.15, -0.1) is 0 Å². The van der Waals surface area contributed by atoms with Crippen LogP contribution in [-0.2, 0) is 0 Å². The van der Waals surface area contributed by atoms with Crippen molar-refractivity contribution < 1.29 is 9.72 Å². The standard InChI is InChI=1S/C9H10ClN3O3/c1-12(2)9(14)11-6-3-4-7(10)8(5-6)13(15)16/h3-5H,1-2H3,(H,11,14). The van der Waals surface area contributed by atoms with Gasteiger partial charge in [-0.05, 0) is 12.1 Å². The number of nitrogens with zero attached hydrogens (tertiary/aromatic N) is 2. The summed E-state index contributed by atoms with van der Waals surface area (Å²) in [5.74, 6) is 0. The average molecular weight is 244 g/mol. The summed E-state index contributed by atoms with van der Waals surface area (Å²) in [5, 5.41) is 13.1. The lowest BCUT2D eigenvalue weighted by Gasteiger charge is -2.11. The minimum Gasteiger partial charge on any atom is -0.331 e. The summed E-state index contributed by atoms with van der Waals surface area (Å²) in [6.45, 7) is 0. The van der Waals surface area contributed by atoms with Crippen molar-refractivity contribution in [2.24, 2.45) is 0 Å². The van der Waals surface area contributed by atoms with Gasteiger partial charge in [-0.1, -0.05) is 11.6 Å². The maximum atomic E-state index is 11.3. The van der Waals surface area contributed by atoms with Gasteiger partial charge in [0, 0.05) is 25.8 Å². The molecule has 0 radical (unpaired) electrons. The van der Waals surface area contributed by atoms with E-state index in [1.54, 1.807) is 14.1 Å². The Morgan fingerprint density at radius 1 is 1.50 bits per heavy atom. The van der Waals surface area contributed by atoms with Crippen LogP contribution in [0.4, 0.5) is 16.2 Å². The third kappa shape index (κ3) is 2.83. The molecule has 0 saturated carbocycles. The van der Waals surface area contributed by atoms with E-state index in [4.69, 9.17) is 11.6 Å². The second kappa shape index (κ2) is 4.80. The lowest BCUT2D eigenvalue weighted by atomic mass is 10.3. The molecule has 2 amide bonds. The summed E-state index contributed by atoms with van der Waals surface area (Å²) in [7, 11) is 3.14. The third-order valence-electron chi connectivity index (χ3n) is 1.80. The molecule has 0 heterocycles. The molecule has 0 aromatic heterocycles. The second-order valence-electron chi connectivity index (χ2n) is 3.25. The Morgan fingerprint density at radius 2 is 2.12 bits per heavy atom. The van der Waals surface area contributed by atoms with Gasteiger partial charge in [0.05, 0.1) is 4.92 Å². The molecule has 0 saturated heterocycles. The third-order valence-corrected chi connectivity index (χ3v) is 2.12. The molecule has 1 rings (SSSR count). The lowest BCUT2D eigenvalue weighted by Crippen LogP contribution is -2.27. The molecule has 16 heavy (non-hydrogen) atoms. The van der Waals surface area contributed by atoms with E-state index in [2.05, 4.69) is 5.32 Å². The van der Waals surface area contributed by atoms with Gasteiger partial charge in [0.1, 0.15) is 5.02 Å². The van der Waals surface area contributed by atoms with Crippen LogP contribution < -0.4 is 5.32 Å². The minimum absolute atomic E-state index is 0.0350. The minimum atomic E-state index is -0.604. The monoisotopic (exact) mass is 243 g/mol. The van der Waals surface area contributed by atoms with Gasteiger partial charge < -0.3 is 10.2 Å². The van der Waals surface area contributed by atoms with Crippen LogP contribution in [0, 0.1) is 10.1 Å². The van der Waals surface area contributed by atoms with E-state index in [1.807, 2.05) is 0 Å². The van der Waals surface area contributed by atoms with E-state index in [0.29, 0.717) is 5.69 Å². The van der Waals surface area contributed by atoms with E-state index in [1.165, 1.54) is 23.1 Å². The van der Waals surface area contributed by atoms with E-state index in [0.717, 1.165) is 0 Å². The first kappa shape index (κ1) is 12.3. The largest absolute Gasteiger partial charge is 0.331 e. The second-order valence-corrected chi connectivity index (χ2v) is 3.66. The Balaban J connectivity index is 2.95. The summed E-state index contributed by atoms with van der Waals surface area (Å²) in [5.41, 5.74) is 0.0908. The fourth-order valence-corrected chi connectivity index (χ4v) is 1.15. The molecular formula is C9H10ClN3O3. The summed E-state index contributed by atoms with van der Waals surface area (Å²) >= 11 is 5.63. The number of nitro groups is 1. The first-order chi connectivity index (χ1) is 7.41. The summed E-state index contributed by atoms with van der Waals surface area (Å²) in [6.07, 6.45) is 0. The van der Waals surface area contributed by atoms with Gasteiger partial charge in [0.2, 0.25) is 0 Å². The van der Waals surface area contributed by atoms with Gasteiger partial charge in [-0.2, -0.15) is 0 Å². The average Bonchev–Trinajstić information content (AvgIpc) is 2.20. The summed E-state index contributed by atoms with van der Waals surface area (Å²) in [6, 6.07) is 3.71. The highest BCUT2D eigenvalue weighted by atomic mass is 35.5. The number of nitrogens with one attached hydrogen (secondary N) is 1. The highest BCUT2D eigenvalue weighted by Crippen LogP contribution is 2.27. The van der Waals surface area contributed by atoms with Crippen LogP contribution in [0.25, 0.3) is 0 Å². The van der Waals surface area contributed by atoms with Crippen LogP contribution in [0.15, 0.2) is 18.2 Å². The Labute approximate surface area is 97.0 Å². The topological polar surface area (TPSA) is 75.5 Å². The number of halogens is 1. The van der Waals surface area contributed by atoms with Crippen LogP contribution in [0.3, 0.4) is 0 Å². The van der Waals surface area contributed by atoms with Gasteiger partial charge in [-0.3, -0.25) is 10.1 Å². The molecule has 0 aliphatic rings. The first-order valence-corrected chi connectivity index (χ1v) is 4.72. The van der Waals surface area contributed by atoms with Crippen LogP contribution >= 0.6 is 11.6 Å². The van der Waals surface area contributed by atoms with Crippen molar-refractivity contribution in [3.63, 3.8) is 0 Å². The number of rotatable bonds is 2.